The molecule has 0 unspecified atom stereocenters. The number of para-hydroxylation sites is 1. The average molecular weight is 254 g/mol. The van der Waals surface area contributed by atoms with E-state index in [1.54, 1.807) is 18.2 Å². The number of hydrogen-bond donors (Lipinski definition) is 0. The number of thiazole rings is 1. The lowest BCUT2D eigenvalue weighted by Gasteiger charge is -1.91. The van der Waals surface area contributed by atoms with Crippen LogP contribution in [0.15, 0.2) is 33.7 Å². The largest absolute Gasteiger partial charge is 0.225 e. The Morgan fingerprint density at radius 2 is 2.19 bits per heavy atom. The molecule has 16 heavy (non-hydrogen) atoms. The molecular formula is C8H6N4O2S2. The van der Waals surface area contributed by atoms with Crippen LogP contribution < -0.4 is 0 Å². The van der Waals surface area contributed by atoms with Gasteiger partial charge in [-0.2, -0.15) is 0 Å². The molecule has 0 saturated carbocycles. The van der Waals surface area contributed by atoms with Crippen molar-refractivity contribution in [2.45, 2.75) is 4.34 Å². The Balaban J connectivity index is 2.51. The Hall–Kier alpha value is -1.63. The molecule has 0 amide bonds. The summed E-state index contributed by atoms with van der Waals surface area (Å²) in [6, 6.07) is 7.12. The van der Waals surface area contributed by atoms with E-state index in [9.17, 15) is 8.42 Å². The quantitative estimate of drug-likeness (QED) is 0.477. The van der Waals surface area contributed by atoms with E-state index in [-0.39, 0.29) is 4.34 Å². The van der Waals surface area contributed by atoms with Gasteiger partial charge in [-0.25, -0.2) is 13.4 Å². The topological polar surface area (TPSA) is 95.8 Å². The zero-order chi connectivity index (χ0) is 11.6. The number of nitrogens with zero attached hydrogens (tertiary/aromatic N) is 4. The Morgan fingerprint density at radius 1 is 1.44 bits per heavy atom. The van der Waals surface area contributed by atoms with Gasteiger partial charge in [-0.05, 0) is 17.7 Å². The second-order valence-electron chi connectivity index (χ2n) is 2.92. The van der Waals surface area contributed by atoms with E-state index in [1.807, 2.05) is 6.07 Å². The summed E-state index contributed by atoms with van der Waals surface area (Å²) >= 11 is 1.07. The molecule has 0 aliphatic carbocycles. The molecule has 82 valence electrons. The third kappa shape index (κ3) is 1.99. The summed E-state index contributed by atoms with van der Waals surface area (Å²) in [7, 11) is -3.60. The first-order valence-electron chi connectivity index (χ1n) is 4.23. The molecule has 0 bridgehead atoms. The van der Waals surface area contributed by atoms with E-state index in [0.29, 0.717) is 5.52 Å². The van der Waals surface area contributed by atoms with Crippen LogP contribution in [0.1, 0.15) is 0 Å². The third-order valence-electron chi connectivity index (χ3n) is 1.83. The number of rotatable bonds is 3. The maximum absolute atomic E-state index is 11.6. The fourth-order valence-electron chi connectivity index (χ4n) is 1.14. The molecule has 2 rings (SSSR count). The molecule has 1 aromatic heterocycles. The minimum absolute atomic E-state index is 0.0129. The van der Waals surface area contributed by atoms with Crippen LogP contribution in [0.25, 0.3) is 20.7 Å². The van der Waals surface area contributed by atoms with Gasteiger partial charge in [0.1, 0.15) is 5.88 Å². The van der Waals surface area contributed by atoms with E-state index in [4.69, 9.17) is 5.53 Å². The molecule has 0 spiro atoms. The van der Waals surface area contributed by atoms with Crippen LogP contribution in [0.5, 0.6) is 0 Å². The van der Waals surface area contributed by atoms with Gasteiger partial charge < -0.3 is 0 Å². The zero-order valence-electron chi connectivity index (χ0n) is 7.94. The second kappa shape index (κ2) is 4.09. The molecule has 2 aromatic rings. The van der Waals surface area contributed by atoms with Crippen molar-refractivity contribution in [2.75, 3.05) is 5.88 Å². The van der Waals surface area contributed by atoms with Crippen molar-refractivity contribution in [2.24, 2.45) is 5.11 Å². The van der Waals surface area contributed by atoms with Crippen LogP contribution in [0.3, 0.4) is 0 Å². The van der Waals surface area contributed by atoms with E-state index in [0.717, 1.165) is 16.0 Å². The van der Waals surface area contributed by atoms with E-state index >= 15 is 0 Å². The third-order valence-corrected chi connectivity index (χ3v) is 4.75. The number of aromatic nitrogens is 1. The molecule has 0 radical (unpaired) electrons. The van der Waals surface area contributed by atoms with Crippen LogP contribution in [-0.2, 0) is 9.84 Å². The Morgan fingerprint density at radius 3 is 2.88 bits per heavy atom. The fourth-order valence-corrected chi connectivity index (χ4v) is 3.32. The van der Waals surface area contributed by atoms with Crippen molar-refractivity contribution in [3.05, 3.63) is 34.7 Å². The van der Waals surface area contributed by atoms with Crippen LogP contribution in [0.2, 0.25) is 0 Å². The van der Waals surface area contributed by atoms with Gasteiger partial charge in [-0.3, -0.25) is 0 Å². The van der Waals surface area contributed by atoms with Gasteiger partial charge in [0, 0.05) is 4.91 Å². The van der Waals surface area contributed by atoms with Gasteiger partial charge in [0.25, 0.3) is 0 Å². The molecule has 0 atom stereocenters. The van der Waals surface area contributed by atoms with E-state index in [1.165, 1.54) is 0 Å². The van der Waals surface area contributed by atoms with Gasteiger partial charge in [0.05, 0.1) is 10.2 Å². The van der Waals surface area contributed by atoms with Gasteiger partial charge in [0.2, 0.25) is 14.2 Å². The van der Waals surface area contributed by atoms with Crippen molar-refractivity contribution in [1.29, 1.82) is 0 Å². The Bertz CT molecular complexity index is 637. The average Bonchev–Trinajstić information content (AvgIpc) is 2.71. The molecule has 8 heteroatoms. The summed E-state index contributed by atoms with van der Waals surface area (Å²) in [6.45, 7) is 0. The zero-order valence-corrected chi connectivity index (χ0v) is 9.57. The number of fused-ring (bicyclic) bond motifs is 1. The van der Waals surface area contributed by atoms with Crippen LogP contribution in [0.4, 0.5) is 0 Å². The highest BCUT2D eigenvalue weighted by Crippen LogP contribution is 2.25. The number of sulfone groups is 1. The summed E-state index contributed by atoms with van der Waals surface area (Å²) in [4.78, 5) is 6.41. The highest BCUT2D eigenvalue weighted by atomic mass is 32.2. The van der Waals surface area contributed by atoms with Crippen LogP contribution in [-0.4, -0.2) is 19.3 Å². The normalized spacial score (nSPS) is 11.2. The molecule has 0 aliphatic heterocycles. The first kappa shape index (κ1) is 10.9. The minimum atomic E-state index is -3.60. The van der Waals surface area contributed by atoms with Crippen molar-refractivity contribution >= 4 is 31.4 Å². The predicted molar refractivity (Wildman–Crippen MR) is 60.8 cm³/mol. The second-order valence-corrected chi connectivity index (χ2v) is 6.09. The van der Waals surface area contributed by atoms with Gasteiger partial charge in [-0.1, -0.05) is 17.2 Å². The van der Waals surface area contributed by atoms with Crippen molar-refractivity contribution in [1.82, 2.24) is 4.98 Å². The molecule has 1 aromatic carbocycles. The number of hydrogen-bond acceptors (Lipinski definition) is 5. The summed E-state index contributed by atoms with van der Waals surface area (Å²) in [5, 5.41) is 3.05. The Kier molecular flexibility index (Phi) is 2.78. The Labute approximate surface area is 95.1 Å². The molecule has 0 aliphatic rings. The van der Waals surface area contributed by atoms with Crippen molar-refractivity contribution < 1.29 is 8.42 Å². The first-order valence-corrected chi connectivity index (χ1v) is 6.69. The number of azide groups is 1. The molecule has 6 nitrogen and oxygen atoms in total. The summed E-state index contributed by atoms with van der Waals surface area (Å²) < 4.78 is 24.1. The van der Waals surface area contributed by atoms with Gasteiger partial charge >= 0.3 is 0 Å². The van der Waals surface area contributed by atoms with Crippen LogP contribution in [0, 0.1) is 0 Å². The molecular weight excluding hydrogens is 248 g/mol. The maximum atomic E-state index is 11.6. The predicted octanol–water partition coefficient (Wildman–Crippen LogP) is 2.34. The molecule has 0 saturated heterocycles. The van der Waals surface area contributed by atoms with Crippen LogP contribution >= 0.6 is 11.3 Å². The standard InChI is InChI=1S/C8H6N4O2S2/c9-12-10-5-16(13,14)8-11-6-3-1-2-4-7(6)15-8/h1-4H,5H2. The summed E-state index contributed by atoms with van der Waals surface area (Å²) in [5.74, 6) is -0.594. The molecule has 0 fully saturated rings. The first-order chi connectivity index (χ1) is 7.63. The SMILES string of the molecule is [N-]=[N+]=NCS(=O)(=O)c1nc2ccccc2s1. The van der Waals surface area contributed by atoms with Crippen molar-refractivity contribution in [3.8, 4) is 0 Å². The van der Waals surface area contributed by atoms with E-state index in [2.05, 4.69) is 15.0 Å². The lowest BCUT2D eigenvalue weighted by atomic mass is 10.3. The molecule has 0 N–H and O–H groups in total. The number of benzene rings is 1. The van der Waals surface area contributed by atoms with Gasteiger partial charge in [0.15, 0.2) is 0 Å². The highest BCUT2D eigenvalue weighted by molar-refractivity contribution is 7.93. The van der Waals surface area contributed by atoms with Gasteiger partial charge in [-0.15, -0.1) is 11.3 Å². The summed E-state index contributed by atoms with van der Waals surface area (Å²) in [5.41, 5.74) is 8.72. The highest BCUT2D eigenvalue weighted by Gasteiger charge is 2.18. The summed E-state index contributed by atoms with van der Waals surface area (Å²) in [6.07, 6.45) is 0. The minimum Gasteiger partial charge on any atom is -0.225 e. The fraction of sp³-hybridized carbons (Fsp3) is 0.125. The lowest BCUT2D eigenvalue weighted by molar-refractivity contribution is 0.595. The monoisotopic (exact) mass is 254 g/mol. The van der Waals surface area contributed by atoms with E-state index < -0.39 is 15.7 Å². The molecule has 1 heterocycles. The maximum Gasteiger partial charge on any atom is 0.211 e. The smallest absolute Gasteiger partial charge is 0.211 e. The van der Waals surface area contributed by atoms with Crippen molar-refractivity contribution in [3.63, 3.8) is 0 Å². The lowest BCUT2D eigenvalue weighted by Crippen LogP contribution is -2.03.